The maximum absolute atomic E-state index is 12.9. The van der Waals surface area contributed by atoms with E-state index < -0.39 is 5.25 Å². The fraction of sp³-hybridized carbons (Fsp3) is 0.269. The van der Waals surface area contributed by atoms with Gasteiger partial charge in [-0.1, -0.05) is 43.7 Å². The third-order valence-corrected chi connectivity index (χ3v) is 6.62. The van der Waals surface area contributed by atoms with Crippen LogP contribution >= 0.6 is 11.8 Å². The van der Waals surface area contributed by atoms with E-state index in [1.54, 1.807) is 24.3 Å². The van der Waals surface area contributed by atoms with Crippen molar-refractivity contribution < 1.29 is 19.1 Å². The first-order chi connectivity index (χ1) is 16.0. The van der Waals surface area contributed by atoms with Gasteiger partial charge in [0.15, 0.2) is 0 Å². The van der Waals surface area contributed by atoms with Crippen LogP contribution in [0.1, 0.15) is 26.2 Å². The van der Waals surface area contributed by atoms with Crippen LogP contribution in [-0.2, 0) is 14.4 Å². The molecule has 0 aromatic heterocycles. The van der Waals surface area contributed by atoms with Crippen LogP contribution in [0.5, 0.6) is 5.75 Å². The van der Waals surface area contributed by atoms with E-state index in [0.717, 1.165) is 23.6 Å². The number of hydrogen-bond donors (Lipinski definition) is 1. The summed E-state index contributed by atoms with van der Waals surface area (Å²) in [4.78, 5) is 39.0. The average Bonchev–Trinajstić information content (AvgIpc) is 3.11. The molecule has 0 radical (unpaired) electrons. The van der Waals surface area contributed by atoms with Gasteiger partial charge in [-0.25, -0.2) is 4.90 Å². The minimum Gasteiger partial charge on any atom is -0.494 e. The fourth-order valence-electron chi connectivity index (χ4n) is 3.67. The van der Waals surface area contributed by atoms with Crippen molar-refractivity contribution in [3.8, 4) is 5.75 Å². The van der Waals surface area contributed by atoms with E-state index in [1.807, 2.05) is 42.5 Å². The van der Waals surface area contributed by atoms with E-state index in [2.05, 4.69) is 12.2 Å². The lowest BCUT2D eigenvalue weighted by Gasteiger charge is -2.15. The van der Waals surface area contributed by atoms with Gasteiger partial charge in [0.1, 0.15) is 5.75 Å². The number of carbonyl (C=O) groups is 3. The van der Waals surface area contributed by atoms with Gasteiger partial charge in [0.05, 0.1) is 23.3 Å². The lowest BCUT2D eigenvalue weighted by Crippen LogP contribution is -2.31. The Morgan fingerprint density at radius 2 is 1.82 bits per heavy atom. The number of nitrogens with zero attached hydrogens (tertiary/aromatic N) is 1. The van der Waals surface area contributed by atoms with Gasteiger partial charge in [0, 0.05) is 12.1 Å². The zero-order chi connectivity index (χ0) is 23.2. The van der Waals surface area contributed by atoms with Gasteiger partial charge in [-0.15, -0.1) is 11.8 Å². The van der Waals surface area contributed by atoms with Crippen molar-refractivity contribution in [3.05, 3.63) is 66.7 Å². The Bertz CT molecular complexity index is 1160. The molecular weight excluding hydrogens is 436 g/mol. The van der Waals surface area contributed by atoms with Crippen LogP contribution in [-0.4, -0.2) is 35.3 Å². The second-order valence-electron chi connectivity index (χ2n) is 7.88. The van der Waals surface area contributed by atoms with E-state index in [4.69, 9.17) is 4.74 Å². The Balaban J connectivity index is 1.32. The molecule has 1 atom stereocenters. The highest BCUT2D eigenvalue weighted by molar-refractivity contribution is 8.01. The maximum Gasteiger partial charge on any atom is 0.247 e. The minimum atomic E-state index is -0.569. The van der Waals surface area contributed by atoms with E-state index in [9.17, 15) is 14.4 Å². The zero-order valence-electron chi connectivity index (χ0n) is 18.5. The summed E-state index contributed by atoms with van der Waals surface area (Å²) in [5.74, 6) is 0.0505. The van der Waals surface area contributed by atoms with Gasteiger partial charge in [-0.3, -0.25) is 14.4 Å². The SMILES string of the molecule is CCCCOc1ccc(N2C(=O)C[C@@H](SCC(=O)Nc3ccc4ccccc4c3)C2=O)cc1. The van der Waals surface area contributed by atoms with Crippen LogP contribution in [0.25, 0.3) is 10.8 Å². The van der Waals surface area contributed by atoms with Crippen molar-refractivity contribution in [2.75, 3.05) is 22.6 Å². The summed E-state index contributed by atoms with van der Waals surface area (Å²) in [5.41, 5.74) is 1.23. The first-order valence-electron chi connectivity index (χ1n) is 11.0. The van der Waals surface area contributed by atoms with Gasteiger partial charge in [0.2, 0.25) is 17.7 Å². The maximum atomic E-state index is 12.9. The molecule has 0 saturated carbocycles. The lowest BCUT2D eigenvalue weighted by molar-refractivity contribution is -0.121. The van der Waals surface area contributed by atoms with Crippen molar-refractivity contribution in [2.45, 2.75) is 31.4 Å². The standard InChI is InChI=1S/C26H26N2O4S/c1-2-3-14-32-22-12-10-21(11-13-22)28-25(30)16-23(26(28)31)33-17-24(29)27-20-9-8-18-6-4-5-7-19(18)15-20/h4-13,15,23H,2-3,14,16-17H2,1H3,(H,27,29)/t23-/m1/s1. The highest BCUT2D eigenvalue weighted by Crippen LogP contribution is 2.31. The number of carbonyl (C=O) groups excluding carboxylic acids is 3. The average molecular weight is 463 g/mol. The van der Waals surface area contributed by atoms with E-state index in [0.29, 0.717) is 23.7 Å². The molecule has 1 N–H and O–H groups in total. The Morgan fingerprint density at radius 1 is 1.06 bits per heavy atom. The largest absolute Gasteiger partial charge is 0.494 e. The van der Waals surface area contributed by atoms with Gasteiger partial charge in [0.25, 0.3) is 0 Å². The number of imide groups is 1. The zero-order valence-corrected chi connectivity index (χ0v) is 19.3. The fourth-order valence-corrected chi connectivity index (χ4v) is 4.60. The van der Waals surface area contributed by atoms with Crippen LogP contribution < -0.4 is 15.0 Å². The van der Waals surface area contributed by atoms with Crippen LogP contribution in [0.2, 0.25) is 0 Å². The number of anilines is 2. The number of fused-ring (bicyclic) bond motifs is 1. The van der Waals surface area contributed by atoms with Crippen molar-refractivity contribution in [1.82, 2.24) is 0 Å². The van der Waals surface area contributed by atoms with Gasteiger partial charge >= 0.3 is 0 Å². The molecule has 1 fully saturated rings. The van der Waals surface area contributed by atoms with E-state index in [-0.39, 0.29) is 29.9 Å². The highest BCUT2D eigenvalue weighted by Gasteiger charge is 2.40. The molecule has 33 heavy (non-hydrogen) atoms. The molecule has 0 spiro atoms. The Hall–Kier alpha value is -3.32. The van der Waals surface area contributed by atoms with Gasteiger partial charge in [-0.2, -0.15) is 0 Å². The molecule has 1 aliphatic heterocycles. The highest BCUT2D eigenvalue weighted by atomic mass is 32.2. The number of nitrogens with one attached hydrogen (secondary N) is 1. The summed E-state index contributed by atoms with van der Waals surface area (Å²) in [6, 6.07) is 20.6. The molecule has 1 heterocycles. The third-order valence-electron chi connectivity index (χ3n) is 5.42. The molecule has 0 bridgehead atoms. The van der Waals surface area contributed by atoms with Crippen molar-refractivity contribution >= 4 is 51.6 Å². The van der Waals surface area contributed by atoms with Crippen molar-refractivity contribution in [1.29, 1.82) is 0 Å². The summed E-state index contributed by atoms with van der Waals surface area (Å²) in [6.07, 6.45) is 2.11. The summed E-state index contributed by atoms with van der Waals surface area (Å²) in [7, 11) is 0. The summed E-state index contributed by atoms with van der Waals surface area (Å²) in [5, 5.41) is 4.44. The molecular formula is C26H26N2O4S. The van der Waals surface area contributed by atoms with Gasteiger partial charge in [-0.05, 0) is 53.6 Å². The van der Waals surface area contributed by atoms with Crippen LogP contribution in [0, 0.1) is 0 Å². The number of ether oxygens (including phenoxy) is 1. The van der Waals surface area contributed by atoms with Crippen LogP contribution in [0.15, 0.2) is 66.7 Å². The second kappa shape index (κ2) is 10.5. The number of amides is 3. The van der Waals surface area contributed by atoms with E-state index >= 15 is 0 Å². The van der Waals surface area contributed by atoms with Crippen LogP contribution in [0.3, 0.4) is 0 Å². The number of rotatable bonds is 9. The third kappa shape index (κ3) is 5.54. The smallest absolute Gasteiger partial charge is 0.247 e. The summed E-state index contributed by atoms with van der Waals surface area (Å²) >= 11 is 1.19. The Kier molecular flexibility index (Phi) is 7.29. The topological polar surface area (TPSA) is 75.7 Å². The molecule has 3 amide bonds. The quantitative estimate of drug-likeness (QED) is 0.357. The number of unbranched alkanes of at least 4 members (excludes halogenated alkanes) is 1. The lowest BCUT2D eigenvalue weighted by atomic mass is 10.1. The first kappa shape index (κ1) is 22.9. The molecule has 7 heteroatoms. The monoisotopic (exact) mass is 462 g/mol. The number of thioether (sulfide) groups is 1. The van der Waals surface area contributed by atoms with Crippen LogP contribution in [0.4, 0.5) is 11.4 Å². The first-order valence-corrected chi connectivity index (χ1v) is 12.1. The molecule has 1 saturated heterocycles. The summed E-state index contributed by atoms with van der Waals surface area (Å²) < 4.78 is 5.64. The number of benzene rings is 3. The minimum absolute atomic E-state index is 0.0848. The van der Waals surface area contributed by atoms with Crippen molar-refractivity contribution in [3.63, 3.8) is 0 Å². The molecule has 1 aliphatic rings. The predicted molar refractivity (Wildman–Crippen MR) is 133 cm³/mol. The normalized spacial score (nSPS) is 15.8. The summed E-state index contributed by atoms with van der Waals surface area (Å²) in [6.45, 7) is 2.73. The molecule has 6 nitrogen and oxygen atoms in total. The Labute approximate surface area is 197 Å². The van der Waals surface area contributed by atoms with Crippen molar-refractivity contribution in [2.24, 2.45) is 0 Å². The molecule has 4 rings (SSSR count). The molecule has 0 aliphatic carbocycles. The molecule has 170 valence electrons. The molecule has 3 aromatic carbocycles. The Morgan fingerprint density at radius 3 is 2.58 bits per heavy atom. The van der Waals surface area contributed by atoms with Gasteiger partial charge < -0.3 is 10.1 Å². The number of hydrogen-bond acceptors (Lipinski definition) is 5. The molecule has 0 unspecified atom stereocenters. The van der Waals surface area contributed by atoms with E-state index in [1.165, 1.54) is 16.7 Å². The molecule has 3 aromatic rings. The second-order valence-corrected chi connectivity index (χ2v) is 9.07. The predicted octanol–water partition coefficient (Wildman–Crippen LogP) is 5.02.